The van der Waals surface area contributed by atoms with Crippen LogP contribution in [0.25, 0.3) is 0 Å². The molecule has 3 heteroatoms. The first-order chi connectivity index (χ1) is 11.5. The number of hydrogen-bond acceptors (Lipinski definition) is 2. The Hall–Kier alpha value is -1.63. The van der Waals surface area contributed by atoms with Crippen molar-refractivity contribution < 1.29 is 0 Å². The molecule has 0 aromatic carbocycles. The predicted molar refractivity (Wildman–Crippen MR) is 112 cm³/mol. The molecule has 2 nitrogen and oxygen atoms in total. The van der Waals surface area contributed by atoms with Crippen LogP contribution in [0.5, 0.6) is 0 Å². The van der Waals surface area contributed by atoms with Gasteiger partial charge in [0.1, 0.15) is 8.07 Å². The quantitative estimate of drug-likeness (QED) is 0.345. The highest BCUT2D eigenvalue weighted by Gasteiger charge is 2.41. The Balaban J connectivity index is 5.88. The van der Waals surface area contributed by atoms with Crippen molar-refractivity contribution in [2.45, 2.75) is 97.9 Å². The van der Waals surface area contributed by atoms with E-state index in [1.165, 1.54) is 6.08 Å². The molecule has 0 atom stereocenters. The smallest absolute Gasteiger partial charge is 0.147 e. The van der Waals surface area contributed by atoms with Gasteiger partial charge in [-0.05, 0) is 62.1 Å². The first-order valence-electron chi connectivity index (χ1n) is 9.43. The maximum absolute atomic E-state index is 9.10. The molecule has 0 N–H and O–H groups in total. The molecule has 0 aliphatic heterocycles. The van der Waals surface area contributed by atoms with E-state index in [-0.39, 0.29) is 12.1 Å². The van der Waals surface area contributed by atoms with E-state index in [0.717, 1.165) is 5.70 Å². The van der Waals surface area contributed by atoms with Crippen LogP contribution in [0.3, 0.4) is 0 Å². The van der Waals surface area contributed by atoms with Crippen LogP contribution in [0, 0.1) is 34.6 Å². The normalized spacial score (nSPS) is 12.2. The SMILES string of the molecule is CC(C)N(/C(C#CC#C[Si](C(C)C)(C(C)C)C(C)C)=C/C#N)C(C)C. The summed E-state index contributed by atoms with van der Waals surface area (Å²) in [5.41, 5.74) is 6.16. The monoisotopic (exact) mass is 356 g/mol. The summed E-state index contributed by atoms with van der Waals surface area (Å²) < 4.78 is 0. The van der Waals surface area contributed by atoms with E-state index >= 15 is 0 Å². The van der Waals surface area contributed by atoms with Gasteiger partial charge in [-0.3, -0.25) is 0 Å². The van der Waals surface area contributed by atoms with Gasteiger partial charge in [0.2, 0.25) is 0 Å². The maximum atomic E-state index is 9.10. The molecule has 25 heavy (non-hydrogen) atoms. The van der Waals surface area contributed by atoms with Crippen LogP contribution < -0.4 is 0 Å². The number of allylic oxidation sites excluding steroid dienone is 2. The van der Waals surface area contributed by atoms with Crippen molar-refractivity contribution in [2.75, 3.05) is 0 Å². The van der Waals surface area contributed by atoms with Gasteiger partial charge in [0.15, 0.2) is 0 Å². The minimum absolute atomic E-state index is 0.289. The van der Waals surface area contributed by atoms with Gasteiger partial charge in [-0.25, -0.2) is 0 Å². The van der Waals surface area contributed by atoms with E-state index in [2.05, 4.69) is 104 Å². The van der Waals surface area contributed by atoms with Crippen molar-refractivity contribution >= 4 is 8.07 Å². The van der Waals surface area contributed by atoms with Crippen LogP contribution >= 0.6 is 0 Å². The highest BCUT2D eigenvalue weighted by atomic mass is 28.3. The summed E-state index contributed by atoms with van der Waals surface area (Å²) in [5.74, 6) is 9.34. The second kappa shape index (κ2) is 10.4. The fourth-order valence-corrected chi connectivity index (χ4v) is 9.20. The van der Waals surface area contributed by atoms with Gasteiger partial charge in [0.25, 0.3) is 0 Å². The zero-order chi connectivity index (χ0) is 19.8. The molecule has 0 saturated heterocycles. The van der Waals surface area contributed by atoms with E-state index in [1.54, 1.807) is 0 Å². The zero-order valence-electron chi connectivity index (χ0n) is 17.9. The second-order valence-corrected chi connectivity index (χ2v) is 13.7. The Morgan fingerprint density at radius 1 is 0.800 bits per heavy atom. The van der Waals surface area contributed by atoms with Gasteiger partial charge in [-0.2, -0.15) is 5.26 Å². The van der Waals surface area contributed by atoms with E-state index in [4.69, 9.17) is 5.26 Å². The lowest BCUT2D eigenvalue weighted by Gasteiger charge is -2.37. The van der Waals surface area contributed by atoms with E-state index in [1.807, 2.05) is 0 Å². The molecule has 0 aliphatic carbocycles. The summed E-state index contributed by atoms with van der Waals surface area (Å²) in [5, 5.41) is 9.10. The lowest BCUT2D eigenvalue weighted by atomic mass is 10.2. The van der Waals surface area contributed by atoms with Crippen molar-refractivity contribution in [3.8, 4) is 29.4 Å². The molecule has 0 unspecified atom stereocenters. The van der Waals surface area contributed by atoms with Gasteiger partial charge in [-0.1, -0.05) is 41.5 Å². The maximum Gasteiger partial charge on any atom is 0.147 e. The molecular formula is C22H36N2Si. The molecule has 0 aliphatic rings. The molecule has 0 heterocycles. The lowest BCUT2D eigenvalue weighted by molar-refractivity contribution is 0.242. The van der Waals surface area contributed by atoms with Crippen LogP contribution in [0.4, 0.5) is 0 Å². The third-order valence-electron chi connectivity index (χ3n) is 4.99. The average molecular weight is 357 g/mol. The highest BCUT2D eigenvalue weighted by Crippen LogP contribution is 2.40. The van der Waals surface area contributed by atoms with Crippen molar-refractivity contribution in [3.05, 3.63) is 11.8 Å². The van der Waals surface area contributed by atoms with Crippen molar-refractivity contribution in [1.82, 2.24) is 4.90 Å². The van der Waals surface area contributed by atoms with Crippen LogP contribution in [-0.4, -0.2) is 25.1 Å². The summed E-state index contributed by atoms with van der Waals surface area (Å²) >= 11 is 0. The zero-order valence-corrected chi connectivity index (χ0v) is 18.9. The fourth-order valence-electron chi connectivity index (χ4n) is 4.06. The van der Waals surface area contributed by atoms with E-state index < -0.39 is 8.07 Å². The Kier molecular flexibility index (Phi) is 9.70. The largest absolute Gasteiger partial charge is 0.359 e. The van der Waals surface area contributed by atoms with Gasteiger partial charge in [0.05, 0.1) is 11.8 Å². The average Bonchev–Trinajstić information content (AvgIpc) is 2.45. The predicted octanol–water partition coefficient (Wildman–Crippen LogP) is 5.74. The van der Waals surface area contributed by atoms with Gasteiger partial charge >= 0.3 is 0 Å². The number of nitrogens with zero attached hydrogens (tertiary/aromatic N) is 2. The van der Waals surface area contributed by atoms with Gasteiger partial charge < -0.3 is 4.90 Å². The van der Waals surface area contributed by atoms with E-state index in [9.17, 15) is 0 Å². The molecule has 138 valence electrons. The minimum Gasteiger partial charge on any atom is -0.359 e. The van der Waals surface area contributed by atoms with Gasteiger partial charge in [0, 0.05) is 18.2 Å². The molecule has 0 saturated carbocycles. The summed E-state index contributed by atoms with van der Waals surface area (Å²) in [4.78, 5) is 2.16. The van der Waals surface area contributed by atoms with Crippen LogP contribution in [0.1, 0.15) is 69.2 Å². The summed E-state index contributed by atoms with van der Waals surface area (Å²) in [7, 11) is -1.75. The Bertz CT molecular complexity index is 581. The summed E-state index contributed by atoms with van der Waals surface area (Å²) in [6.07, 6.45) is 1.53. The molecule has 0 aromatic heterocycles. The van der Waals surface area contributed by atoms with Crippen molar-refractivity contribution in [2.24, 2.45) is 0 Å². The van der Waals surface area contributed by atoms with Crippen molar-refractivity contribution in [1.29, 1.82) is 5.26 Å². The van der Waals surface area contributed by atoms with Crippen LogP contribution in [-0.2, 0) is 0 Å². The molecule has 0 rings (SSSR count). The van der Waals surface area contributed by atoms with Gasteiger partial charge in [-0.15, -0.1) is 5.54 Å². The van der Waals surface area contributed by atoms with Crippen molar-refractivity contribution in [3.63, 3.8) is 0 Å². The molecular weight excluding hydrogens is 320 g/mol. The molecule has 0 aromatic rings. The lowest BCUT2D eigenvalue weighted by Crippen LogP contribution is -2.43. The third kappa shape index (κ3) is 5.99. The minimum atomic E-state index is -1.75. The Morgan fingerprint density at radius 3 is 1.56 bits per heavy atom. The molecule has 0 bridgehead atoms. The van der Waals surface area contributed by atoms with Crippen LogP contribution in [0.2, 0.25) is 16.6 Å². The first kappa shape index (κ1) is 23.4. The fraction of sp³-hybridized carbons (Fsp3) is 0.682. The summed E-state index contributed by atoms with van der Waals surface area (Å²) in [6.45, 7) is 22.3. The standard InChI is InChI=1S/C22H36N2Si/c1-17(2)24(18(3)4)22(14-15-23)13-11-12-16-25(19(5)6,20(7)8)21(9)10/h14,17-21H,1-10H3/b22-14+. The first-order valence-corrected chi connectivity index (χ1v) is 11.7. The molecule has 0 amide bonds. The highest BCUT2D eigenvalue weighted by molar-refractivity contribution is 6.90. The number of rotatable bonds is 6. The molecule has 0 radical (unpaired) electrons. The topological polar surface area (TPSA) is 27.0 Å². The Morgan fingerprint density at radius 2 is 1.24 bits per heavy atom. The number of nitriles is 1. The summed E-state index contributed by atoms with van der Waals surface area (Å²) in [6, 6.07) is 2.70. The van der Waals surface area contributed by atoms with E-state index in [0.29, 0.717) is 16.6 Å². The second-order valence-electron chi connectivity index (χ2n) is 8.15. The molecule has 0 fully saturated rings. The van der Waals surface area contributed by atoms with Crippen LogP contribution in [0.15, 0.2) is 11.8 Å². The molecule has 0 spiro atoms. The Labute approximate surface area is 157 Å². The number of hydrogen-bond donors (Lipinski definition) is 0. The third-order valence-corrected chi connectivity index (χ3v) is 11.3.